The number of halogens is 1. The zero-order chi connectivity index (χ0) is 13.1. The summed E-state index contributed by atoms with van der Waals surface area (Å²) in [5.74, 6) is 2.16. The van der Waals surface area contributed by atoms with Crippen molar-refractivity contribution in [3.63, 3.8) is 0 Å². The van der Waals surface area contributed by atoms with Crippen molar-refractivity contribution in [3.8, 4) is 0 Å². The Hall–Kier alpha value is -0.580. The van der Waals surface area contributed by atoms with Crippen LogP contribution < -0.4 is 5.73 Å². The second kappa shape index (κ2) is 6.04. The van der Waals surface area contributed by atoms with Gasteiger partial charge in [0.05, 0.1) is 0 Å². The molecule has 4 heteroatoms. The van der Waals surface area contributed by atoms with Crippen LogP contribution in [-0.4, -0.2) is 35.5 Å². The molecule has 2 unspecified atom stereocenters. The van der Waals surface area contributed by atoms with Crippen LogP contribution in [0.4, 0.5) is 4.39 Å². The summed E-state index contributed by atoms with van der Waals surface area (Å²) >= 11 is 1.99. The Bertz CT molecular complexity index is 411. The van der Waals surface area contributed by atoms with Crippen LogP contribution in [0.2, 0.25) is 0 Å². The lowest BCUT2D eigenvalue weighted by molar-refractivity contribution is 0.166. The highest BCUT2D eigenvalue weighted by molar-refractivity contribution is 7.99. The summed E-state index contributed by atoms with van der Waals surface area (Å²) in [4.78, 5) is 2.45. The zero-order valence-electron chi connectivity index (χ0n) is 11.0. The molecule has 2 nitrogen and oxygen atoms in total. The third-order valence-corrected chi connectivity index (χ3v) is 4.80. The maximum Gasteiger partial charge on any atom is 0.126 e. The van der Waals surface area contributed by atoms with E-state index in [1.807, 2.05) is 30.8 Å². The maximum atomic E-state index is 13.3. The van der Waals surface area contributed by atoms with Crippen molar-refractivity contribution in [1.29, 1.82) is 0 Å². The van der Waals surface area contributed by atoms with E-state index in [9.17, 15) is 4.39 Å². The normalized spacial score (nSPS) is 23.0. The first-order valence-electron chi connectivity index (χ1n) is 6.43. The van der Waals surface area contributed by atoms with Crippen LogP contribution in [0.5, 0.6) is 0 Å². The molecule has 2 atom stereocenters. The lowest BCUT2D eigenvalue weighted by atomic mass is 10.0. The third-order valence-electron chi connectivity index (χ3n) is 3.61. The van der Waals surface area contributed by atoms with Gasteiger partial charge >= 0.3 is 0 Å². The Balaban J connectivity index is 2.23. The molecule has 0 bridgehead atoms. The average Bonchev–Trinajstić information content (AvgIpc) is 2.37. The van der Waals surface area contributed by atoms with E-state index in [0.717, 1.165) is 23.6 Å². The molecule has 2 N–H and O–H groups in total. The molecule has 18 heavy (non-hydrogen) atoms. The molecule has 0 aliphatic carbocycles. The molecule has 0 saturated carbocycles. The predicted molar refractivity (Wildman–Crippen MR) is 76.4 cm³/mol. The third kappa shape index (κ3) is 2.87. The molecule has 1 saturated heterocycles. The van der Waals surface area contributed by atoms with E-state index in [-0.39, 0.29) is 11.9 Å². The molecule has 0 amide bonds. The van der Waals surface area contributed by atoms with Crippen molar-refractivity contribution in [3.05, 3.63) is 35.1 Å². The fraction of sp³-hybridized carbons (Fsp3) is 0.571. The number of nitrogens with two attached hydrogens (primary N) is 1. The lowest BCUT2D eigenvalue weighted by Crippen LogP contribution is -2.45. The molecule has 1 heterocycles. The molecule has 1 aliphatic rings. The van der Waals surface area contributed by atoms with Crippen LogP contribution in [0.1, 0.15) is 24.1 Å². The topological polar surface area (TPSA) is 29.3 Å². The number of hydrogen-bond donors (Lipinski definition) is 1. The summed E-state index contributed by atoms with van der Waals surface area (Å²) in [5.41, 5.74) is 7.78. The van der Waals surface area contributed by atoms with Gasteiger partial charge in [0.25, 0.3) is 0 Å². The lowest BCUT2D eigenvalue weighted by Gasteiger charge is -2.39. The van der Waals surface area contributed by atoms with Gasteiger partial charge in [-0.3, -0.25) is 4.90 Å². The summed E-state index contributed by atoms with van der Waals surface area (Å²) in [5, 5.41) is 0. The summed E-state index contributed by atoms with van der Waals surface area (Å²) in [6.45, 7) is 5.69. The van der Waals surface area contributed by atoms with Gasteiger partial charge in [-0.2, -0.15) is 11.8 Å². The van der Waals surface area contributed by atoms with Gasteiger partial charge in [-0.1, -0.05) is 12.1 Å². The average molecular weight is 268 g/mol. The molecule has 0 radical (unpaired) electrons. The molecule has 1 aliphatic heterocycles. The fourth-order valence-electron chi connectivity index (χ4n) is 2.54. The van der Waals surface area contributed by atoms with Crippen LogP contribution in [0.25, 0.3) is 0 Å². The zero-order valence-corrected chi connectivity index (χ0v) is 11.8. The number of aryl methyl sites for hydroxylation is 1. The van der Waals surface area contributed by atoms with Crippen molar-refractivity contribution < 1.29 is 4.39 Å². The minimum Gasteiger partial charge on any atom is -0.329 e. The van der Waals surface area contributed by atoms with Crippen LogP contribution in [0, 0.1) is 12.7 Å². The van der Waals surface area contributed by atoms with Crippen LogP contribution >= 0.6 is 11.8 Å². The van der Waals surface area contributed by atoms with E-state index in [0.29, 0.717) is 18.2 Å². The largest absolute Gasteiger partial charge is 0.329 e. The second-order valence-corrected chi connectivity index (χ2v) is 6.07. The van der Waals surface area contributed by atoms with Gasteiger partial charge in [0.15, 0.2) is 0 Å². The molecule has 1 aromatic carbocycles. The van der Waals surface area contributed by atoms with E-state index >= 15 is 0 Å². The van der Waals surface area contributed by atoms with E-state index in [1.165, 1.54) is 0 Å². The smallest absolute Gasteiger partial charge is 0.126 e. The standard InChI is InChI=1S/C14H21FN2S/c1-10-7-12(3-4-13(10)15)14(8-16)17-5-6-18-9-11(17)2/h3-4,7,11,14H,5-6,8-9,16H2,1-2H3. The molecule has 1 fully saturated rings. The van der Waals surface area contributed by atoms with E-state index in [4.69, 9.17) is 5.73 Å². The first kappa shape index (κ1) is 13.8. The summed E-state index contributed by atoms with van der Waals surface area (Å²) in [6, 6.07) is 6.09. The fourth-order valence-corrected chi connectivity index (χ4v) is 3.58. The predicted octanol–water partition coefficient (Wildman–Crippen LogP) is 2.57. The number of hydrogen-bond acceptors (Lipinski definition) is 3. The van der Waals surface area contributed by atoms with Crippen molar-refractivity contribution in [2.24, 2.45) is 5.73 Å². The van der Waals surface area contributed by atoms with E-state index in [1.54, 1.807) is 6.07 Å². The maximum absolute atomic E-state index is 13.3. The highest BCUT2D eigenvalue weighted by Gasteiger charge is 2.26. The van der Waals surface area contributed by atoms with Crippen molar-refractivity contribution >= 4 is 11.8 Å². The van der Waals surface area contributed by atoms with Gasteiger partial charge in [0.1, 0.15) is 5.82 Å². The molecule has 2 rings (SSSR count). The van der Waals surface area contributed by atoms with Crippen LogP contribution in [0.15, 0.2) is 18.2 Å². The monoisotopic (exact) mass is 268 g/mol. The highest BCUT2D eigenvalue weighted by atomic mass is 32.2. The van der Waals surface area contributed by atoms with Gasteiger partial charge in [0, 0.05) is 36.7 Å². The molecule has 0 spiro atoms. The minimum atomic E-state index is -0.142. The van der Waals surface area contributed by atoms with E-state index in [2.05, 4.69) is 11.8 Å². The minimum absolute atomic E-state index is 0.142. The van der Waals surface area contributed by atoms with Crippen LogP contribution in [-0.2, 0) is 0 Å². The van der Waals surface area contributed by atoms with Crippen molar-refractivity contribution in [1.82, 2.24) is 4.90 Å². The number of nitrogens with zero attached hydrogens (tertiary/aromatic N) is 1. The number of rotatable bonds is 3. The molecule has 100 valence electrons. The Morgan fingerprint density at radius 3 is 2.94 bits per heavy atom. The van der Waals surface area contributed by atoms with Crippen molar-refractivity contribution in [2.75, 3.05) is 24.6 Å². The molecule has 1 aromatic rings. The first-order valence-corrected chi connectivity index (χ1v) is 7.58. The summed E-state index contributed by atoms with van der Waals surface area (Å²) in [7, 11) is 0. The Kier molecular flexibility index (Phi) is 4.65. The Morgan fingerprint density at radius 2 is 2.33 bits per heavy atom. The summed E-state index contributed by atoms with van der Waals surface area (Å²) < 4.78 is 13.3. The van der Waals surface area contributed by atoms with Gasteiger partial charge in [0.2, 0.25) is 0 Å². The Labute approximate surface area is 113 Å². The molecular formula is C14H21FN2S. The van der Waals surface area contributed by atoms with Gasteiger partial charge < -0.3 is 5.73 Å². The van der Waals surface area contributed by atoms with Gasteiger partial charge in [-0.15, -0.1) is 0 Å². The van der Waals surface area contributed by atoms with Crippen molar-refractivity contribution in [2.45, 2.75) is 25.9 Å². The van der Waals surface area contributed by atoms with Gasteiger partial charge in [-0.05, 0) is 31.0 Å². The number of thioether (sulfide) groups is 1. The first-order chi connectivity index (χ1) is 8.63. The highest BCUT2D eigenvalue weighted by Crippen LogP contribution is 2.28. The SMILES string of the molecule is Cc1cc(C(CN)N2CCSCC2C)ccc1F. The van der Waals surface area contributed by atoms with E-state index < -0.39 is 0 Å². The summed E-state index contributed by atoms with van der Waals surface area (Å²) in [6.07, 6.45) is 0. The Morgan fingerprint density at radius 1 is 1.56 bits per heavy atom. The van der Waals surface area contributed by atoms with Gasteiger partial charge in [-0.25, -0.2) is 4.39 Å². The number of benzene rings is 1. The van der Waals surface area contributed by atoms with Crippen LogP contribution in [0.3, 0.4) is 0 Å². The quantitative estimate of drug-likeness (QED) is 0.913. The second-order valence-electron chi connectivity index (χ2n) is 4.92. The molecular weight excluding hydrogens is 247 g/mol. The molecule has 0 aromatic heterocycles.